The Balaban J connectivity index is 1.26. The summed E-state index contributed by atoms with van der Waals surface area (Å²) >= 11 is 1.63. The highest BCUT2D eigenvalue weighted by molar-refractivity contribution is 7.16. The maximum Gasteiger partial charge on any atom is 0.232 e. The van der Waals surface area contributed by atoms with Gasteiger partial charge in [-0.25, -0.2) is 9.97 Å². The monoisotopic (exact) mass is 446 g/mol. The van der Waals surface area contributed by atoms with Crippen molar-refractivity contribution in [3.63, 3.8) is 0 Å². The van der Waals surface area contributed by atoms with Gasteiger partial charge in [0, 0.05) is 54.5 Å². The molecule has 2 aliphatic rings. The van der Waals surface area contributed by atoms with E-state index >= 15 is 0 Å². The average Bonchev–Trinajstić information content (AvgIpc) is 3.46. The van der Waals surface area contributed by atoms with Gasteiger partial charge in [-0.1, -0.05) is 0 Å². The molecule has 0 amide bonds. The molecule has 0 aromatic carbocycles. The standard InChI is InChI=1S/C22H22N8OS/c1-31-18-5-8-24-21(26-18)28-22-27-19-15-11-25-29-20(15)30(9-6-17(19)32-22)12-13-4-7-23-16(10-13)14-2-3-14/h4-5,7-8,10-11,14H,2-3,6,9,12H2,1H3,(H,25,29)(H,24,26,27,28). The average molecular weight is 447 g/mol. The Hall–Kier alpha value is -3.53. The van der Waals surface area contributed by atoms with Gasteiger partial charge in [0.05, 0.1) is 24.6 Å². The zero-order valence-corrected chi connectivity index (χ0v) is 18.4. The summed E-state index contributed by atoms with van der Waals surface area (Å²) in [4.78, 5) is 21.5. The number of fused-ring (bicyclic) bond motifs is 3. The fourth-order valence-electron chi connectivity index (χ4n) is 4.01. The molecule has 6 rings (SSSR count). The van der Waals surface area contributed by atoms with Gasteiger partial charge < -0.3 is 9.64 Å². The van der Waals surface area contributed by atoms with Crippen molar-refractivity contribution in [2.75, 3.05) is 23.9 Å². The first-order valence-corrected chi connectivity index (χ1v) is 11.5. The largest absolute Gasteiger partial charge is 0.481 e. The molecule has 5 heterocycles. The molecule has 162 valence electrons. The molecule has 0 radical (unpaired) electrons. The minimum absolute atomic E-state index is 0.464. The Morgan fingerprint density at radius 3 is 3.00 bits per heavy atom. The van der Waals surface area contributed by atoms with E-state index in [-0.39, 0.29) is 0 Å². The van der Waals surface area contributed by atoms with Gasteiger partial charge in [-0.15, -0.1) is 11.3 Å². The topological polar surface area (TPSA) is 105 Å². The molecule has 1 fully saturated rings. The highest BCUT2D eigenvalue weighted by atomic mass is 32.1. The summed E-state index contributed by atoms with van der Waals surface area (Å²) in [5, 5.41) is 11.5. The number of methoxy groups -OCH3 is 1. The Kier molecular flexibility index (Phi) is 4.71. The summed E-state index contributed by atoms with van der Waals surface area (Å²) in [6.45, 7) is 1.69. The Morgan fingerprint density at radius 1 is 1.22 bits per heavy atom. The summed E-state index contributed by atoms with van der Waals surface area (Å²) in [6, 6.07) is 6.07. The van der Waals surface area contributed by atoms with Crippen LogP contribution in [0.4, 0.5) is 16.9 Å². The number of nitrogens with one attached hydrogen (secondary N) is 2. The van der Waals surface area contributed by atoms with Crippen molar-refractivity contribution < 1.29 is 4.74 Å². The van der Waals surface area contributed by atoms with E-state index in [1.807, 2.05) is 12.4 Å². The number of ether oxygens (including phenoxy) is 1. The van der Waals surface area contributed by atoms with E-state index in [4.69, 9.17) is 9.72 Å². The van der Waals surface area contributed by atoms with E-state index in [1.165, 1.54) is 29.0 Å². The molecular formula is C22H22N8OS. The lowest BCUT2D eigenvalue weighted by atomic mass is 10.1. The summed E-state index contributed by atoms with van der Waals surface area (Å²) < 4.78 is 5.18. The number of hydrogen-bond donors (Lipinski definition) is 2. The zero-order chi connectivity index (χ0) is 21.5. The van der Waals surface area contributed by atoms with Crippen LogP contribution in [0, 0.1) is 0 Å². The van der Waals surface area contributed by atoms with Gasteiger partial charge in [-0.2, -0.15) is 10.1 Å². The third kappa shape index (κ3) is 3.66. The molecule has 4 aromatic rings. The van der Waals surface area contributed by atoms with E-state index in [0.29, 0.717) is 17.7 Å². The smallest absolute Gasteiger partial charge is 0.232 e. The number of pyridine rings is 1. The van der Waals surface area contributed by atoms with Crippen LogP contribution in [0.2, 0.25) is 0 Å². The van der Waals surface area contributed by atoms with Crippen LogP contribution in [-0.4, -0.2) is 43.8 Å². The molecule has 9 nitrogen and oxygen atoms in total. The Labute approximate surface area is 188 Å². The van der Waals surface area contributed by atoms with E-state index in [2.05, 4.69) is 47.5 Å². The van der Waals surface area contributed by atoms with Crippen molar-refractivity contribution >= 4 is 28.2 Å². The predicted molar refractivity (Wildman–Crippen MR) is 123 cm³/mol. The summed E-state index contributed by atoms with van der Waals surface area (Å²) in [7, 11) is 1.59. The number of aromatic nitrogens is 6. The number of anilines is 3. The van der Waals surface area contributed by atoms with E-state index in [0.717, 1.165) is 41.7 Å². The van der Waals surface area contributed by atoms with Gasteiger partial charge in [0.1, 0.15) is 5.82 Å². The highest BCUT2D eigenvalue weighted by Crippen LogP contribution is 2.41. The van der Waals surface area contributed by atoms with Crippen LogP contribution in [0.25, 0.3) is 11.3 Å². The number of aromatic amines is 1. The summed E-state index contributed by atoms with van der Waals surface area (Å²) in [5.74, 6) is 2.63. The molecule has 0 unspecified atom stereocenters. The molecule has 4 aromatic heterocycles. The SMILES string of the molecule is COc1ccnc(Nc2nc3c(s2)CCN(Cc2ccnc(C4CC4)c2)c2[nH]ncc2-3)n1. The lowest BCUT2D eigenvalue weighted by Crippen LogP contribution is -2.25. The second-order valence-corrected chi connectivity index (χ2v) is 9.09. The molecule has 0 atom stereocenters. The molecule has 1 saturated carbocycles. The third-order valence-corrected chi connectivity index (χ3v) is 6.80. The molecule has 0 bridgehead atoms. The summed E-state index contributed by atoms with van der Waals surface area (Å²) in [6.07, 6.45) is 8.87. The Morgan fingerprint density at radius 2 is 2.12 bits per heavy atom. The first-order valence-electron chi connectivity index (χ1n) is 10.6. The maximum absolute atomic E-state index is 5.18. The van der Waals surface area contributed by atoms with Crippen LogP contribution in [0.1, 0.15) is 34.9 Å². The highest BCUT2D eigenvalue weighted by Gasteiger charge is 2.27. The number of H-pyrrole nitrogens is 1. The third-order valence-electron chi connectivity index (χ3n) is 5.77. The van der Waals surface area contributed by atoms with Gasteiger partial charge >= 0.3 is 0 Å². The minimum Gasteiger partial charge on any atom is -0.481 e. The second-order valence-electron chi connectivity index (χ2n) is 8.01. The number of nitrogens with zero attached hydrogens (tertiary/aromatic N) is 6. The quantitative estimate of drug-likeness (QED) is 0.459. The van der Waals surface area contributed by atoms with E-state index < -0.39 is 0 Å². The molecule has 2 N–H and O–H groups in total. The molecular weight excluding hydrogens is 424 g/mol. The molecule has 32 heavy (non-hydrogen) atoms. The first kappa shape index (κ1) is 19.2. The van der Waals surface area contributed by atoms with Crippen LogP contribution < -0.4 is 15.0 Å². The molecule has 1 aliphatic heterocycles. The first-order chi connectivity index (χ1) is 15.8. The second kappa shape index (κ2) is 7.86. The number of thiazole rings is 1. The van der Waals surface area contributed by atoms with Crippen molar-refractivity contribution in [1.29, 1.82) is 0 Å². The zero-order valence-electron chi connectivity index (χ0n) is 17.6. The van der Waals surface area contributed by atoms with Crippen LogP contribution >= 0.6 is 11.3 Å². The normalized spacial score (nSPS) is 15.1. The fourth-order valence-corrected chi connectivity index (χ4v) is 4.97. The minimum atomic E-state index is 0.464. The lowest BCUT2D eigenvalue weighted by molar-refractivity contribution is 0.397. The molecule has 0 spiro atoms. The van der Waals surface area contributed by atoms with Crippen LogP contribution in [0.15, 0.2) is 36.8 Å². The van der Waals surface area contributed by atoms with Crippen molar-refractivity contribution in [2.45, 2.75) is 31.7 Å². The molecule has 10 heteroatoms. The van der Waals surface area contributed by atoms with Crippen molar-refractivity contribution in [3.05, 3.63) is 52.9 Å². The van der Waals surface area contributed by atoms with Gasteiger partial charge in [0.2, 0.25) is 11.8 Å². The van der Waals surface area contributed by atoms with Crippen molar-refractivity contribution in [1.82, 2.24) is 30.1 Å². The predicted octanol–water partition coefficient (Wildman–Crippen LogP) is 3.91. The maximum atomic E-state index is 5.18. The van der Waals surface area contributed by atoms with Gasteiger partial charge in [-0.05, 0) is 30.5 Å². The Bertz CT molecular complexity index is 1260. The van der Waals surface area contributed by atoms with Crippen LogP contribution in [0.5, 0.6) is 5.88 Å². The van der Waals surface area contributed by atoms with Gasteiger partial charge in [0.25, 0.3) is 0 Å². The van der Waals surface area contributed by atoms with Gasteiger partial charge in [-0.3, -0.25) is 15.4 Å². The van der Waals surface area contributed by atoms with Crippen LogP contribution in [0.3, 0.4) is 0 Å². The lowest BCUT2D eigenvalue weighted by Gasteiger charge is -2.22. The molecule has 1 aliphatic carbocycles. The fraction of sp³-hybridized carbons (Fsp3) is 0.318. The number of hydrogen-bond acceptors (Lipinski definition) is 9. The number of rotatable bonds is 6. The van der Waals surface area contributed by atoms with Crippen molar-refractivity contribution in [2.24, 2.45) is 0 Å². The van der Waals surface area contributed by atoms with Gasteiger partial charge in [0.15, 0.2) is 5.13 Å². The van der Waals surface area contributed by atoms with Crippen LogP contribution in [-0.2, 0) is 13.0 Å². The van der Waals surface area contributed by atoms with E-state index in [1.54, 1.807) is 30.7 Å². The summed E-state index contributed by atoms with van der Waals surface area (Å²) in [5.41, 5.74) is 4.47. The van der Waals surface area contributed by atoms with Crippen molar-refractivity contribution in [3.8, 4) is 17.1 Å². The molecule has 0 saturated heterocycles. The van der Waals surface area contributed by atoms with E-state index in [9.17, 15) is 0 Å².